The Kier molecular flexibility index (Phi) is 5.34. The maximum absolute atomic E-state index is 5.23. The van der Waals surface area contributed by atoms with Gasteiger partial charge >= 0.3 is 0 Å². The summed E-state index contributed by atoms with van der Waals surface area (Å²) in [5.74, 6) is 2.17. The van der Waals surface area contributed by atoms with Gasteiger partial charge < -0.3 is 9.84 Å². The van der Waals surface area contributed by atoms with E-state index in [2.05, 4.69) is 34.2 Å². The summed E-state index contributed by atoms with van der Waals surface area (Å²) in [6, 6.07) is 0.597. The molecule has 2 heterocycles. The SMILES string of the molecule is Cc1noc(CN2CCCCC2CNCC(C)C)n1. The molecule has 5 nitrogen and oxygen atoms in total. The normalized spacial score (nSPS) is 21.2. The lowest BCUT2D eigenvalue weighted by atomic mass is 10.0. The molecule has 0 aromatic carbocycles. The van der Waals surface area contributed by atoms with Gasteiger partial charge in [-0.3, -0.25) is 4.90 Å². The van der Waals surface area contributed by atoms with Crippen molar-refractivity contribution in [3.05, 3.63) is 11.7 Å². The zero-order valence-corrected chi connectivity index (χ0v) is 12.4. The average molecular weight is 266 g/mol. The highest BCUT2D eigenvalue weighted by Gasteiger charge is 2.23. The van der Waals surface area contributed by atoms with Crippen molar-refractivity contribution in [1.82, 2.24) is 20.4 Å². The molecule has 1 aromatic heterocycles. The van der Waals surface area contributed by atoms with Crippen LogP contribution in [0.2, 0.25) is 0 Å². The Bertz CT molecular complexity index is 377. The standard InChI is InChI=1S/C14H26N4O/c1-11(2)8-15-9-13-6-4-5-7-18(13)10-14-16-12(3)17-19-14/h11,13,15H,4-10H2,1-3H3. The van der Waals surface area contributed by atoms with Crippen LogP contribution in [0.15, 0.2) is 4.52 Å². The molecule has 1 saturated heterocycles. The fourth-order valence-corrected chi connectivity index (χ4v) is 2.62. The number of piperidine rings is 1. The van der Waals surface area contributed by atoms with Crippen molar-refractivity contribution in [2.75, 3.05) is 19.6 Å². The van der Waals surface area contributed by atoms with Crippen LogP contribution in [0.4, 0.5) is 0 Å². The van der Waals surface area contributed by atoms with Gasteiger partial charge in [0.05, 0.1) is 6.54 Å². The van der Waals surface area contributed by atoms with Gasteiger partial charge in [-0.15, -0.1) is 0 Å². The molecule has 1 N–H and O–H groups in total. The van der Waals surface area contributed by atoms with E-state index < -0.39 is 0 Å². The first-order valence-corrected chi connectivity index (χ1v) is 7.39. The maximum atomic E-state index is 5.23. The molecule has 0 bridgehead atoms. The Morgan fingerprint density at radius 2 is 2.26 bits per heavy atom. The van der Waals surface area contributed by atoms with Gasteiger partial charge in [-0.05, 0) is 38.8 Å². The smallest absolute Gasteiger partial charge is 0.240 e. The van der Waals surface area contributed by atoms with E-state index in [1.807, 2.05) is 6.92 Å². The summed E-state index contributed by atoms with van der Waals surface area (Å²) in [5.41, 5.74) is 0. The highest BCUT2D eigenvalue weighted by atomic mass is 16.5. The number of aryl methyl sites for hydroxylation is 1. The summed E-state index contributed by atoms with van der Waals surface area (Å²) >= 11 is 0. The van der Waals surface area contributed by atoms with Crippen molar-refractivity contribution < 1.29 is 4.52 Å². The third-order valence-electron chi connectivity index (χ3n) is 3.59. The van der Waals surface area contributed by atoms with E-state index in [1.165, 1.54) is 19.3 Å². The molecule has 5 heteroatoms. The minimum Gasteiger partial charge on any atom is -0.338 e. The van der Waals surface area contributed by atoms with Crippen molar-refractivity contribution >= 4 is 0 Å². The largest absolute Gasteiger partial charge is 0.338 e. The third-order valence-corrected chi connectivity index (χ3v) is 3.59. The van der Waals surface area contributed by atoms with E-state index in [1.54, 1.807) is 0 Å². The maximum Gasteiger partial charge on any atom is 0.240 e. The highest BCUT2D eigenvalue weighted by Crippen LogP contribution is 2.18. The van der Waals surface area contributed by atoms with Gasteiger partial charge in [0.1, 0.15) is 0 Å². The lowest BCUT2D eigenvalue weighted by Crippen LogP contribution is -2.45. The molecule has 1 aliphatic heterocycles. The van der Waals surface area contributed by atoms with E-state index in [4.69, 9.17) is 4.52 Å². The first-order valence-electron chi connectivity index (χ1n) is 7.39. The molecule has 0 aliphatic carbocycles. The number of hydrogen-bond acceptors (Lipinski definition) is 5. The summed E-state index contributed by atoms with van der Waals surface area (Å²) in [6.07, 6.45) is 3.86. The summed E-state index contributed by atoms with van der Waals surface area (Å²) in [4.78, 5) is 6.78. The van der Waals surface area contributed by atoms with Crippen molar-refractivity contribution in [2.45, 2.75) is 52.6 Å². The number of hydrogen-bond donors (Lipinski definition) is 1. The van der Waals surface area contributed by atoms with Gasteiger partial charge in [-0.25, -0.2) is 0 Å². The minimum absolute atomic E-state index is 0.597. The molecule has 1 atom stereocenters. The van der Waals surface area contributed by atoms with Gasteiger partial charge in [0.15, 0.2) is 5.82 Å². The van der Waals surface area contributed by atoms with Crippen LogP contribution in [-0.2, 0) is 6.54 Å². The highest BCUT2D eigenvalue weighted by molar-refractivity contribution is 4.87. The van der Waals surface area contributed by atoms with Crippen LogP contribution < -0.4 is 5.32 Å². The number of nitrogens with one attached hydrogen (secondary N) is 1. The first kappa shape index (κ1) is 14.5. The first-order chi connectivity index (χ1) is 9.15. The molecule has 108 valence electrons. The number of aromatic nitrogens is 2. The van der Waals surface area contributed by atoms with E-state index >= 15 is 0 Å². The van der Waals surface area contributed by atoms with Crippen molar-refractivity contribution in [3.8, 4) is 0 Å². The van der Waals surface area contributed by atoms with Crippen molar-refractivity contribution in [2.24, 2.45) is 5.92 Å². The molecule has 1 unspecified atom stereocenters. The minimum atomic E-state index is 0.597. The molecule has 1 aliphatic rings. The fourth-order valence-electron chi connectivity index (χ4n) is 2.62. The Balaban J connectivity index is 1.84. The Morgan fingerprint density at radius 1 is 1.42 bits per heavy atom. The quantitative estimate of drug-likeness (QED) is 0.853. The van der Waals surface area contributed by atoms with Gasteiger partial charge in [0.25, 0.3) is 0 Å². The molecule has 1 aromatic rings. The monoisotopic (exact) mass is 266 g/mol. The molecule has 0 amide bonds. The van der Waals surface area contributed by atoms with Crippen LogP contribution >= 0.6 is 0 Å². The topological polar surface area (TPSA) is 54.2 Å². The molecular formula is C14H26N4O. The van der Waals surface area contributed by atoms with Gasteiger partial charge in [-0.2, -0.15) is 4.98 Å². The van der Waals surface area contributed by atoms with Crippen molar-refractivity contribution in [1.29, 1.82) is 0 Å². The second kappa shape index (κ2) is 7.01. The molecule has 2 rings (SSSR count). The van der Waals surface area contributed by atoms with Gasteiger partial charge in [-0.1, -0.05) is 25.4 Å². The summed E-state index contributed by atoms with van der Waals surface area (Å²) in [7, 11) is 0. The van der Waals surface area contributed by atoms with Gasteiger partial charge in [0.2, 0.25) is 5.89 Å². The molecule has 19 heavy (non-hydrogen) atoms. The van der Waals surface area contributed by atoms with Crippen LogP contribution in [-0.4, -0.2) is 40.7 Å². The van der Waals surface area contributed by atoms with Gasteiger partial charge in [0, 0.05) is 12.6 Å². The van der Waals surface area contributed by atoms with Crippen molar-refractivity contribution in [3.63, 3.8) is 0 Å². The van der Waals surface area contributed by atoms with E-state index in [0.717, 1.165) is 37.9 Å². The zero-order valence-electron chi connectivity index (χ0n) is 12.4. The lowest BCUT2D eigenvalue weighted by molar-refractivity contribution is 0.121. The van der Waals surface area contributed by atoms with Crippen LogP contribution in [0.3, 0.4) is 0 Å². The fraction of sp³-hybridized carbons (Fsp3) is 0.857. The summed E-state index contributed by atoms with van der Waals surface area (Å²) < 4.78 is 5.23. The molecule has 0 radical (unpaired) electrons. The number of likely N-dealkylation sites (tertiary alicyclic amines) is 1. The van der Waals surface area contributed by atoms with E-state index in [0.29, 0.717) is 12.0 Å². The molecule has 1 fully saturated rings. The molecular weight excluding hydrogens is 240 g/mol. The van der Waals surface area contributed by atoms with E-state index in [9.17, 15) is 0 Å². The number of nitrogens with zero attached hydrogens (tertiary/aromatic N) is 3. The molecule has 0 spiro atoms. The number of rotatable bonds is 6. The lowest BCUT2D eigenvalue weighted by Gasteiger charge is -2.35. The van der Waals surface area contributed by atoms with Crippen LogP contribution in [0.25, 0.3) is 0 Å². The Labute approximate surface area is 115 Å². The summed E-state index contributed by atoms with van der Waals surface area (Å²) in [6.45, 7) is 10.4. The summed E-state index contributed by atoms with van der Waals surface area (Å²) in [5, 5.41) is 7.43. The average Bonchev–Trinajstić information content (AvgIpc) is 2.77. The molecule has 0 saturated carbocycles. The zero-order chi connectivity index (χ0) is 13.7. The van der Waals surface area contributed by atoms with E-state index in [-0.39, 0.29) is 0 Å². The third kappa shape index (κ3) is 4.58. The Hall–Kier alpha value is -0.940. The predicted octanol–water partition coefficient (Wildman–Crippen LogP) is 1.98. The Morgan fingerprint density at radius 3 is 2.95 bits per heavy atom. The van der Waals surface area contributed by atoms with Crippen LogP contribution in [0.1, 0.15) is 44.8 Å². The predicted molar refractivity (Wildman–Crippen MR) is 74.8 cm³/mol. The van der Waals surface area contributed by atoms with Crippen LogP contribution in [0.5, 0.6) is 0 Å². The second-order valence-electron chi connectivity index (χ2n) is 5.91. The second-order valence-corrected chi connectivity index (χ2v) is 5.91. The van der Waals surface area contributed by atoms with Crippen LogP contribution in [0, 0.1) is 12.8 Å².